The van der Waals surface area contributed by atoms with Crippen LogP contribution in [0.2, 0.25) is 0 Å². The molecule has 0 bridgehead atoms. The first-order valence-corrected chi connectivity index (χ1v) is 10.7. The minimum atomic E-state index is -0.397. The van der Waals surface area contributed by atoms with Gasteiger partial charge in [-0.25, -0.2) is 10.6 Å². The summed E-state index contributed by atoms with van der Waals surface area (Å²) in [5.74, 6) is 6.28. The molecule has 0 aromatic heterocycles. The van der Waals surface area contributed by atoms with Crippen LogP contribution in [0.15, 0.2) is 71.9 Å². The largest absolute Gasteiger partial charge is 0.489 e. The first-order chi connectivity index (χ1) is 15.8. The lowest BCUT2D eigenvalue weighted by Crippen LogP contribution is -2.37. The van der Waals surface area contributed by atoms with Crippen LogP contribution in [0.3, 0.4) is 0 Å². The number of hydrogen-bond donors (Lipinski definition) is 2. The van der Waals surface area contributed by atoms with Crippen molar-refractivity contribution < 1.29 is 14.4 Å². The third kappa shape index (κ3) is 6.57. The fourth-order valence-corrected chi connectivity index (χ4v) is 3.23. The summed E-state index contributed by atoms with van der Waals surface area (Å²) in [6.07, 6.45) is 0. The molecule has 0 aliphatic carbocycles. The average Bonchev–Trinajstić information content (AvgIpc) is 2.80. The van der Waals surface area contributed by atoms with Crippen molar-refractivity contribution in [2.75, 3.05) is 12.4 Å². The van der Waals surface area contributed by atoms with Crippen molar-refractivity contribution >= 4 is 17.4 Å². The van der Waals surface area contributed by atoms with Crippen LogP contribution in [-0.4, -0.2) is 23.8 Å². The molecule has 3 N–H and O–H groups in total. The van der Waals surface area contributed by atoms with Crippen molar-refractivity contribution in [2.24, 2.45) is 11.0 Å². The Morgan fingerprint density at radius 1 is 1.00 bits per heavy atom. The number of carbonyl (C=O) groups is 1. The smallest absolute Gasteiger partial charge is 0.335 e. The molecule has 0 saturated carbocycles. The number of nitrogens with zero attached hydrogens (tertiary/aromatic N) is 2. The molecule has 0 radical (unpaired) electrons. The summed E-state index contributed by atoms with van der Waals surface area (Å²) in [7, 11) is 1.49. The van der Waals surface area contributed by atoms with Gasteiger partial charge in [-0.3, -0.25) is 5.01 Å². The lowest BCUT2D eigenvalue weighted by Gasteiger charge is -2.17. The molecule has 0 saturated heterocycles. The number of carbonyl (C=O) groups excluding carboxylic acids is 1. The van der Waals surface area contributed by atoms with E-state index in [9.17, 15) is 4.79 Å². The Kier molecular flexibility index (Phi) is 8.05. The van der Waals surface area contributed by atoms with Gasteiger partial charge in [-0.05, 0) is 67.3 Å². The maximum atomic E-state index is 12.0. The van der Waals surface area contributed by atoms with Gasteiger partial charge in [0, 0.05) is 18.3 Å². The number of amides is 2. The standard InChI is InChI=1S/C26H30N4O3/c1-18-9-8-12-24(28-26(31)30(4)27)23(18)17-32-25-14-13-22(15-19(25)2)20(3)29-33-16-21-10-6-5-7-11-21/h5-15H,16-17,27H2,1-4H3,(H,28,31). The molecule has 0 aliphatic heterocycles. The Labute approximate surface area is 194 Å². The summed E-state index contributed by atoms with van der Waals surface area (Å²) < 4.78 is 6.09. The average molecular weight is 447 g/mol. The van der Waals surface area contributed by atoms with Crippen molar-refractivity contribution in [1.29, 1.82) is 0 Å². The molecule has 0 heterocycles. The molecule has 0 unspecified atom stereocenters. The van der Waals surface area contributed by atoms with Crippen LogP contribution in [-0.2, 0) is 18.1 Å². The predicted octanol–water partition coefficient (Wildman–Crippen LogP) is 5.16. The van der Waals surface area contributed by atoms with Gasteiger partial charge in [0.2, 0.25) is 0 Å². The minimum Gasteiger partial charge on any atom is -0.489 e. The first kappa shape index (κ1) is 23.8. The van der Waals surface area contributed by atoms with E-state index in [4.69, 9.17) is 15.4 Å². The number of nitrogens with two attached hydrogens (primary N) is 1. The Morgan fingerprint density at radius 3 is 2.45 bits per heavy atom. The number of ether oxygens (including phenoxy) is 1. The zero-order chi connectivity index (χ0) is 23.8. The second-order valence-corrected chi connectivity index (χ2v) is 7.85. The fourth-order valence-electron chi connectivity index (χ4n) is 3.23. The number of rotatable bonds is 8. The highest BCUT2D eigenvalue weighted by molar-refractivity contribution is 5.98. The number of oxime groups is 1. The van der Waals surface area contributed by atoms with Crippen molar-refractivity contribution in [3.63, 3.8) is 0 Å². The number of hydrogen-bond acceptors (Lipinski definition) is 5. The molecule has 2 amide bonds. The van der Waals surface area contributed by atoms with E-state index in [-0.39, 0.29) is 0 Å². The topological polar surface area (TPSA) is 89.2 Å². The summed E-state index contributed by atoms with van der Waals surface area (Å²) in [6, 6.07) is 21.1. The molecule has 7 nitrogen and oxygen atoms in total. The Balaban J connectivity index is 1.66. The van der Waals surface area contributed by atoms with Gasteiger partial charge in [0.25, 0.3) is 0 Å². The van der Waals surface area contributed by atoms with Gasteiger partial charge in [-0.2, -0.15) is 0 Å². The van der Waals surface area contributed by atoms with Gasteiger partial charge < -0.3 is 14.9 Å². The van der Waals surface area contributed by atoms with Crippen LogP contribution < -0.4 is 15.9 Å². The predicted molar refractivity (Wildman–Crippen MR) is 131 cm³/mol. The highest BCUT2D eigenvalue weighted by Crippen LogP contribution is 2.25. The zero-order valence-electron chi connectivity index (χ0n) is 19.5. The molecule has 33 heavy (non-hydrogen) atoms. The van der Waals surface area contributed by atoms with E-state index >= 15 is 0 Å². The second kappa shape index (κ2) is 11.2. The van der Waals surface area contributed by atoms with Gasteiger partial charge in [0.1, 0.15) is 19.0 Å². The number of urea groups is 1. The number of hydrazine groups is 1. The summed E-state index contributed by atoms with van der Waals surface area (Å²) >= 11 is 0. The van der Waals surface area contributed by atoms with Crippen LogP contribution in [0.25, 0.3) is 0 Å². The van der Waals surface area contributed by atoms with Crippen LogP contribution in [0.1, 0.15) is 34.7 Å². The van der Waals surface area contributed by atoms with E-state index in [1.54, 1.807) is 0 Å². The number of nitrogens with one attached hydrogen (secondary N) is 1. The molecule has 3 aromatic rings. The molecule has 0 aliphatic rings. The zero-order valence-corrected chi connectivity index (χ0v) is 19.5. The highest BCUT2D eigenvalue weighted by atomic mass is 16.6. The highest BCUT2D eigenvalue weighted by Gasteiger charge is 2.12. The second-order valence-electron chi connectivity index (χ2n) is 7.85. The number of anilines is 1. The van der Waals surface area contributed by atoms with Crippen molar-refractivity contribution in [3.8, 4) is 5.75 Å². The molecule has 7 heteroatoms. The summed E-state index contributed by atoms with van der Waals surface area (Å²) in [4.78, 5) is 17.5. The minimum absolute atomic E-state index is 0.310. The van der Waals surface area contributed by atoms with E-state index in [0.717, 1.165) is 44.3 Å². The van der Waals surface area contributed by atoms with E-state index in [2.05, 4.69) is 10.5 Å². The van der Waals surface area contributed by atoms with Crippen molar-refractivity contribution in [1.82, 2.24) is 5.01 Å². The molecule has 0 spiro atoms. The molecule has 3 aromatic carbocycles. The third-order valence-corrected chi connectivity index (χ3v) is 5.21. The summed E-state index contributed by atoms with van der Waals surface area (Å²) in [5.41, 5.74) is 6.37. The van der Waals surface area contributed by atoms with Crippen LogP contribution >= 0.6 is 0 Å². The van der Waals surface area contributed by atoms with Crippen LogP contribution in [0.5, 0.6) is 5.75 Å². The molecule has 0 atom stereocenters. The Morgan fingerprint density at radius 2 is 1.76 bits per heavy atom. The van der Waals surface area contributed by atoms with Gasteiger partial charge in [0.15, 0.2) is 0 Å². The summed E-state index contributed by atoms with van der Waals surface area (Å²) in [6.45, 7) is 6.61. The van der Waals surface area contributed by atoms with Gasteiger partial charge in [-0.1, -0.05) is 47.6 Å². The Hall–Kier alpha value is -3.84. The fraction of sp³-hybridized carbons (Fsp3) is 0.231. The Bertz CT molecular complexity index is 1130. The normalized spacial score (nSPS) is 11.1. The monoisotopic (exact) mass is 446 g/mol. The van der Waals surface area contributed by atoms with Crippen LogP contribution in [0.4, 0.5) is 10.5 Å². The van der Waals surface area contributed by atoms with Gasteiger partial charge >= 0.3 is 6.03 Å². The lowest BCUT2D eigenvalue weighted by atomic mass is 10.1. The molecule has 172 valence electrons. The number of aryl methyl sites for hydroxylation is 2. The van der Waals surface area contributed by atoms with E-state index in [1.165, 1.54) is 7.05 Å². The van der Waals surface area contributed by atoms with Gasteiger partial charge in [0.05, 0.1) is 5.71 Å². The maximum absolute atomic E-state index is 12.0. The van der Waals surface area contributed by atoms with Gasteiger partial charge in [-0.15, -0.1) is 0 Å². The summed E-state index contributed by atoms with van der Waals surface area (Å²) in [5, 5.41) is 8.05. The molecular formula is C26H30N4O3. The molecule has 3 rings (SSSR count). The molecular weight excluding hydrogens is 416 g/mol. The van der Waals surface area contributed by atoms with Crippen molar-refractivity contribution in [3.05, 3.63) is 94.5 Å². The quantitative estimate of drug-likeness (QED) is 0.216. The van der Waals surface area contributed by atoms with Crippen LogP contribution in [0, 0.1) is 13.8 Å². The first-order valence-electron chi connectivity index (χ1n) is 10.7. The van der Waals surface area contributed by atoms with E-state index < -0.39 is 6.03 Å². The maximum Gasteiger partial charge on any atom is 0.335 e. The SMILES string of the molecule is CC(=NOCc1ccccc1)c1ccc(OCc2c(C)cccc2NC(=O)N(C)N)c(C)c1. The van der Waals surface area contributed by atoms with Crippen molar-refractivity contribution in [2.45, 2.75) is 34.0 Å². The van der Waals surface area contributed by atoms with E-state index in [0.29, 0.717) is 18.9 Å². The lowest BCUT2D eigenvalue weighted by molar-refractivity contribution is 0.130. The van der Waals surface area contributed by atoms with E-state index in [1.807, 2.05) is 87.5 Å². The number of benzene rings is 3. The molecule has 0 fully saturated rings. The third-order valence-electron chi connectivity index (χ3n) is 5.21.